The number of nitrogens with zero attached hydrogens (tertiary/aromatic N) is 2. The zero-order chi connectivity index (χ0) is 60.5. The minimum absolute atomic E-state index is 0.00657. The number of carbonyl (C=O) groups excluding carboxylic acids is 10. The van der Waals surface area contributed by atoms with E-state index in [0.29, 0.717) is 121 Å². The number of nitrogens with one attached hydrogen (secondary N) is 4. The van der Waals surface area contributed by atoms with Gasteiger partial charge in [0.25, 0.3) is 23.6 Å². The Morgan fingerprint density at radius 2 is 1.46 bits per heavy atom. The number of allylic oxidation sites excluding steroid dienone is 3. The summed E-state index contributed by atoms with van der Waals surface area (Å²) >= 11 is 0. The van der Waals surface area contributed by atoms with Gasteiger partial charge in [-0.2, -0.15) is 0 Å². The van der Waals surface area contributed by atoms with E-state index < -0.39 is 65.3 Å². The Balaban J connectivity index is 0.943. The molecule has 452 valence electrons. The van der Waals surface area contributed by atoms with E-state index in [1.165, 1.54) is 37.3 Å². The fourth-order valence-electron chi connectivity index (χ4n) is 9.49. The molecule has 2 aromatic rings. The third-order valence-electron chi connectivity index (χ3n) is 14.8. The molecule has 0 spiro atoms. The summed E-state index contributed by atoms with van der Waals surface area (Å²) in [5.74, 6) is -4.32. The van der Waals surface area contributed by atoms with E-state index in [9.17, 15) is 47.9 Å². The largest absolute Gasteiger partial charge is 0.494 e. The van der Waals surface area contributed by atoms with Gasteiger partial charge in [0.1, 0.15) is 11.8 Å². The maximum absolute atomic E-state index is 14.3. The average molecular weight is 1160 g/mol. The molecule has 3 atom stereocenters. The Bertz CT molecular complexity index is 2740. The number of benzene rings is 2. The maximum atomic E-state index is 14.3. The highest BCUT2D eigenvalue weighted by Gasteiger charge is 2.46. The fraction of sp³-hybridized carbons (Fsp3) is 0.541. The van der Waals surface area contributed by atoms with Crippen molar-refractivity contribution in [2.24, 2.45) is 5.41 Å². The molecule has 3 aliphatic rings. The SMILES string of the molecule is C=C(OC)/C(=C\C=C(/C)CC[C@@H](CC(=O)[C@@H]1CCCCN1C(=O)C(=O)C(C)(C)CC)c1cccc(NC(=O)CCC(=O)NCCCOCCOCCOCCCNC(=O)COc2cccc3c2C(=O)N(C2CCC(=O)NC2=O)C3=O)c1)OC. The van der Waals surface area contributed by atoms with Crippen molar-refractivity contribution in [3.63, 3.8) is 0 Å². The molecule has 0 radical (unpaired) electrons. The number of fused-ring (bicyclic) bond motifs is 1. The molecule has 0 saturated carbocycles. The number of rotatable bonds is 36. The number of imide groups is 2. The number of ether oxygens (including phenoxy) is 6. The molecule has 5 rings (SSSR count). The lowest BCUT2D eigenvalue weighted by Gasteiger charge is -2.36. The lowest BCUT2D eigenvalue weighted by atomic mass is 9.82. The standard InChI is InChI=1S/C61H82N6O16/c1-8-61(4,5)56(73)60(77)66-30-10-9-18-46(66)48(68)38-43(22-20-40(2)21-24-49(79-7)41(3)78-6)42-15-11-16-44(37-42)64-52(70)27-26-51(69)62-28-13-31-80-33-35-82-36-34-81-32-14-29-63-54(72)39-83-50-19-12-17-45-55(50)59(76)67(58(45)75)47-23-25-53(71)65-57(47)74/h11-12,15-17,19,21,24,37,43,46-47H,3,8-10,13-14,18,20,22-23,25-36,38-39H2,1-2,4-7H3,(H,62,69)(H,63,72)(H,64,70)(H,65,71,74)/b40-21+,49-24+/t43-,46-,47?/m0/s1. The Kier molecular flexibility index (Phi) is 26.8. The second-order valence-electron chi connectivity index (χ2n) is 21.2. The van der Waals surface area contributed by atoms with Crippen LogP contribution in [0.2, 0.25) is 0 Å². The van der Waals surface area contributed by atoms with Gasteiger partial charge in [0.05, 0.1) is 57.8 Å². The number of piperidine rings is 2. The molecule has 4 N–H and O–H groups in total. The van der Waals surface area contributed by atoms with Crippen LogP contribution in [-0.2, 0) is 62.0 Å². The number of methoxy groups -OCH3 is 2. The van der Waals surface area contributed by atoms with Crippen molar-refractivity contribution in [3.05, 3.63) is 95.0 Å². The Hall–Kier alpha value is -7.56. The third-order valence-corrected chi connectivity index (χ3v) is 14.8. The molecule has 22 heteroatoms. The summed E-state index contributed by atoms with van der Waals surface area (Å²) in [5.41, 5.74) is 1.51. The molecule has 2 saturated heterocycles. The predicted octanol–water partition coefficient (Wildman–Crippen LogP) is 5.79. The summed E-state index contributed by atoms with van der Waals surface area (Å²) in [6.07, 6.45) is 8.41. The van der Waals surface area contributed by atoms with Crippen molar-refractivity contribution >= 4 is 64.5 Å². The second-order valence-corrected chi connectivity index (χ2v) is 21.2. The topological polar surface area (TPSA) is 281 Å². The van der Waals surface area contributed by atoms with Gasteiger partial charge in [0.2, 0.25) is 29.4 Å². The van der Waals surface area contributed by atoms with Gasteiger partial charge in [-0.15, -0.1) is 0 Å². The molecule has 3 heterocycles. The van der Waals surface area contributed by atoms with Crippen LogP contribution in [0.15, 0.2) is 78.3 Å². The predicted molar refractivity (Wildman–Crippen MR) is 306 cm³/mol. The van der Waals surface area contributed by atoms with Crippen LogP contribution >= 0.6 is 0 Å². The second kappa shape index (κ2) is 33.5. The molecule has 8 amide bonds. The van der Waals surface area contributed by atoms with Gasteiger partial charge in [-0.05, 0) is 107 Å². The molecule has 2 fully saturated rings. The first-order valence-corrected chi connectivity index (χ1v) is 28.5. The van der Waals surface area contributed by atoms with E-state index in [0.717, 1.165) is 22.5 Å². The van der Waals surface area contributed by atoms with Gasteiger partial charge in [-0.1, -0.05) is 57.2 Å². The molecule has 1 unspecified atom stereocenters. The van der Waals surface area contributed by atoms with Crippen molar-refractivity contribution in [1.82, 2.24) is 25.8 Å². The zero-order valence-electron chi connectivity index (χ0n) is 48.8. The van der Waals surface area contributed by atoms with Gasteiger partial charge in [-0.3, -0.25) is 58.2 Å². The first kappa shape index (κ1) is 66.2. The van der Waals surface area contributed by atoms with Crippen molar-refractivity contribution < 1.29 is 76.4 Å². The molecule has 2 aromatic carbocycles. The van der Waals surface area contributed by atoms with E-state index in [1.807, 2.05) is 38.1 Å². The average Bonchev–Trinajstić information content (AvgIpc) is 3.05. The molecular formula is C61H82N6O16. The van der Waals surface area contributed by atoms with Gasteiger partial charge in [0.15, 0.2) is 23.9 Å². The molecular weight excluding hydrogens is 1070 g/mol. The van der Waals surface area contributed by atoms with Crippen LogP contribution in [0.25, 0.3) is 0 Å². The number of likely N-dealkylation sites (tertiary alicyclic amines) is 1. The summed E-state index contributed by atoms with van der Waals surface area (Å²) in [6.45, 7) is 13.8. The minimum Gasteiger partial charge on any atom is -0.494 e. The summed E-state index contributed by atoms with van der Waals surface area (Å²) in [6, 6.07) is 9.88. The van der Waals surface area contributed by atoms with Crippen LogP contribution in [0.1, 0.15) is 143 Å². The first-order chi connectivity index (χ1) is 39.8. The van der Waals surface area contributed by atoms with Crippen molar-refractivity contribution in [3.8, 4) is 5.75 Å². The number of hydrogen-bond acceptors (Lipinski definition) is 16. The highest BCUT2D eigenvalue weighted by atomic mass is 16.5. The fourth-order valence-corrected chi connectivity index (χ4v) is 9.49. The number of hydrogen-bond donors (Lipinski definition) is 4. The molecule has 22 nitrogen and oxygen atoms in total. The van der Waals surface area contributed by atoms with Crippen molar-refractivity contribution in [2.75, 3.05) is 85.4 Å². The molecule has 0 aliphatic carbocycles. The number of ketones is 2. The van der Waals surface area contributed by atoms with Crippen molar-refractivity contribution in [1.29, 1.82) is 0 Å². The summed E-state index contributed by atoms with van der Waals surface area (Å²) < 4.78 is 32.9. The van der Waals surface area contributed by atoms with Gasteiger partial charge >= 0.3 is 0 Å². The summed E-state index contributed by atoms with van der Waals surface area (Å²) in [4.78, 5) is 132. The van der Waals surface area contributed by atoms with E-state index in [4.69, 9.17) is 28.4 Å². The zero-order valence-corrected chi connectivity index (χ0v) is 48.8. The first-order valence-electron chi connectivity index (χ1n) is 28.5. The number of anilines is 1. The minimum atomic E-state index is -1.12. The molecule has 0 bridgehead atoms. The molecule has 83 heavy (non-hydrogen) atoms. The van der Waals surface area contributed by atoms with Crippen LogP contribution in [0.5, 0.6) is 5.75 Å². The van der Waals surface area contributed by atoms with Crippen molar-refractivity contribution in [2.45, 2.75) is 129 Å². The smallest absolute Gasteiger partial charge is 0.291 e. The van der Waals surface area contributed by atoms with E-state index in [2.05, 4.69) is 27.8 Å². The lowest BCUT2D eigenvalue weighted by molar-refractivity contribution is -0.153. The maximum Gasteiger partial charge on any atom is 0.291 e. The third kappa shape index (κ3) is 20.1. The Morgan fingerprint density at radius 1 is 0.795 bits per heavy atom. The summed E-state index contributed by atoms with van der Waals surface area (Å²) in [5, 5.41) is 10.6. The highest BCUT2D eigenvalue weighted by molar-refractivity contribution is 6.38. The normalized spacial score (nSPS) is 16.8. The lowest BCUT2D eigenvalue weighted by Crippen LogP contribution is -2.54. The van der Waals surface area contributed by atoms with Crippen LogP contribution in [0.3, 0.4) is 0 Å². The highest BCUT2D eigenvalue weighted by Crippen LogP contribution is 2.35. The van der Waals surface area contributed by atoms with Crippen LogP contribution in [0, 0.1) is 5.41 Å². The van der Waals surface area contributed by atoms with Gasteiger partial charge in [-0.25, -0.2) is 0 Å². The molecule has 0 aromatic heterocycles. The Morgan fingerprint density at radius 3 is 2.12 bits per heavy atom. The van der Waals surface area contributed by atoms with Gasteiger partial charge < -0.3 is 49.3 Å². The number of amides is 8. The van der Waals surface area contributed by atoms with E-state index in [-0.39, 0.29) is 72.5 Å². The van der Waals surface area contributed by atoms with Crippen LogP contribution < -0.4 is 26.0 Å². The monoisotopic (exact) mass is 1150 g/mol. The van der Waals surface area contributed by atoms with Crippen LogP contribution in [-0.4, -0.2) is 161 Å². The van der Waals surface area contributed by atoms with Gasteiger partial charge in [0, 0.05) is 69.6 Å². The van der Waals surface area contributed by atoms with Crippen LogP contribution in [0.4, 0.5) is 5.69 Å². The number of carbonyl (C=O) groups is 10. The quantitative estimate of drug-likeness (QED) is 0.0206. The summed E-state index contributed by atoms with van der Waals surface area (Å²) in [7, 11) is 3.04. The Labute approximate surface area is 485 Å². The van der Waals surface area contributed by atoms with E-state index in [1.54, 1.807) is 26.0 Å². The number of Topliss-reactive ketones (excluding diaryl/α,β-unsaturated/α-hetero) is 2. The van der Waals surface area contributed by atoms with E-state index >= 15 is 0 Å². The molecule has 3 aliphatic heterocycles.